The standard InChI is InChI=1S/C27H31F3N5O2PS/c1-37-22-16-18(38(2,3)36)9-10-19(22)32-15-5-6-20-24(39-27(28,29)30)21-7-4-8-23(35(21)34-20)33-26-13-11-25(31,17-26)12-14-26/h4,7-10,16,32-33H,11-15,17,31H2,1-3H3. The first-order valence-electron chi connectivity index (χ1n) is 12.6. The molecule has 3 aromatic rings. The molecule has 0 amide bonds. The molecule has 2 aromatic heterocycles. The molecule has 208 valence electrons. The maximum atomic E-state index is 13.5. The maximum Gasteiger partial charge on any atom is 0.446 e. The van der Waals surface area contributed by atoms with Crippen LogP contribution in [0.4, 0.5) is 24.7 Å². The van der Waals surface area contributed by atoms with E-state index in [4.69, 9.17) is 10.5 Å². The van der Waals surface area contributed by atoms with E-state index in [0.29, 0.717) is 28.1 Å². The molecule has 2 fully saturated rings. The molecule has 0 saturated heterocycles. The van der Waals surface area contributed by atoms with Crippen molar-refractivity contribution in [2.75, 3.05) is 37.6 Å². The van der Waals surface area contributed by atoms with Crippen LogP contribution in [0, 0.1) is 11.8 Å². The third-order valence-electron chi connectivity index (χ3n) is 7.50. The van der Waals surface area contributed by atoms with E-state index in [1.807, 2.05) is 6.07 Å². The van der Waals surface area contributed by atoms with Crippen molar-refractivity contribution in [1.82, 2.24) is 9.61 Å². The fourth-order valence-corrected chi connectivity index (χ4v) is 7.10. The Hall–Kier alpha value is -2.80. The van der Waals surface area contributed by atoms with Gasteiger partial charge in [0.25, 0.3) is 0 Å². The molecule has 0 aliphatic heterocycles. The molecule has 2 saturated carbocycles. The molecule has 2 aliphatic rings. The zero-order valence-electron chi connectivity index (χ0n) is 22.0. The van der Waals surface area contributed by atoms with Crippen molar-refractivity contribution in [3.05, 3.63) is 42.1 Å². The minimum absolute atomic E-state index is 0.0363. The van der Waals surface area contributed by atoms with E-state index in [2.05, 4.69) is 27.6 Å². The highest BCUT2D eigenvalue weighted by molar-refractivity contribution is 8.00. The molecule has 7 nitrogen and oxygen atoms in total. The minimum Gasteiger partial charge on any atom is -0.495 e. The molecule has 0 atom stereocenters. The lowest BCUT2D eigenvalue weighted by Gasteiger charge is -2.29. The van der Waals surface area contributed by atoms with Gasteiger partial charge in [0.05, 0.1) is 29.8 Å². The Balaban J connectivity index is 1.42. The van der Waals surface area contributed by atoms with Crippen LogP contribution < -0.4 is 26.4 Å². The second kappa shape index (κ2) is 9.99. The molecule has 2 aliphatic carbocycles. The number of alkyl halides is 3. The molecular formula is C27H31F3N5O2PS. The molecule has 39 heavy (non-hydrogen) atoms. The Morgan fingerprint density at radius 3 is 2.56 bits per heavy atom. The zero-order valence-corrected chi connectivity index (χ0v) is 23.7. The van der Waals surface area contributed by atoms with Crippen LogP contribution in [0.2, 0.25) is 0 Å². The molecule has 4 N–H and O–H groups in total. The van der Waals surface area contributed by atoms with Crippen LogP contribution in [0.1, 0.15) is 37.8 Å². The van der Waals surface area contributed by atoms with Gasteiger partial charge in [-0.15, -0.1) is 0 Å². The van der Waals surface area contributed by atoms with E-state index in [9.17, 15) is 17.7 Å². The average molecular weight is 578 g/mol. The summed E-state index contributed by atoms with van der Waals surface area (Å²) < 4.78 is 59.9. The van der Waals surface area contributed by atoms with Gasteiger partial charge in [-0.2, -0.15) is 18.3 Å². The van der Waals surface area contributed by atoms with Crippen molar-refractivity contribution in [2.45, 2.75) is 53.6 Å². The molecule has 0 unspecified atom stereocenters. The van der Waals surface area contributed by atoms with E-state index in [-0.39, 0.29) is 40.0 Å². The summed E-state index contributed by atoms with van der Waals surface area (Å²) in [4.78, 5) is -0.0363. The first-order valence-corrected chi connectivity index (χ1v) is 16.0. The number of hydrogen-bond donors (Lipinski definition) is 3. The minimum atomic E-state index is -4.50. The smallest absolute Gasteiger partial charge is 0.446 e. The summed E-state index contributed by atoms with van der Waals surface area (Å²) in [5.41, 5.74) is 2.67. The van der Waals surface area contributed by atoms with E-state index >= 15 is 0 Å². The number of thioether (sulfide) groups is 1. The Labute approximate surface area is 229 Å². The van der Waals surface area contributed by atoms with Gasteiger partial charge in [0.1, 0.15) is 24.4 Å². The number of nitrogens with two attached hydrogens (primary N) is 1. The summed E-state index contributed by atoms with van der Waals surface area (Å²) in [6.45, 7) is 3.50. The van der Waals surface area contributed by atoms with Crippen molar-refractivity contribution >= 4 is 41.2 Å². The number of anilines is 2. The lowest BCUT2D eigenvalue weighted by molar-refractivity contribution is -0.0327. The molecule has 12 heteroatoms. The lowest BCUT2D eigenvalue weighted by atomic mass is 9.92. The number of rotatable bonds is 7. The number of nitrogens with zero attached hydrogens (tertiary/aromatic N) is 2. The number of fused-ring (bicyclic) bond motifs is 3. The third kappa shape index (κ3) is 5.88. The highest BCUT2D eigenvalue weighted by atomic mass is 32.2. The highest BCUT2D eigenvalue weighted by Gasteiger charge is 2.52. The van der Waals surface area contributed by atoms with Crippen molar-refractivity contribution < 1.29 is 22.5 Å². The van der Waals surface area contributed by atoms with Crippen LogP contribution in [-0.4, -0.2) is 53.2 Å². The first-order chi connectivity index (χ1) is 18.3. The van der Waals surface area contributed by atoms with Crippen LogP contribution in [0.3, 0.4) is 0 Å². The van der Waals surface area contributed by atoms with Crippen LogP contribution >= 0.6 is 18.9 Å². The van der Waals surface area contributed by atoms with Gasteiger partial charge in [-0.3, -0.25) is 0 Å². The highest BCUT2D eigenvalue weighted by Crippen LogP contribution is 2.51. The van der Waals surface area contributed by atoms with Crippen molar-refractivity contribution in [3.63, 3.8) is 0 Å². The van der Waals surface area contributed by atoms with Crippen LogP contribution in [0.5, 0.6) is 5.75 Å². The third-order valence-corrected chi connectivity index (χ3v) is 9.86. The topological polar surface area (TPSA) is 93.7 Å². The SMILES string of the molecule is COc1cc(P(C)(C)=O)ccc1NCC#Cc1nn2c(NC34CCC(N)(CC3)C4)cccc2c1SC(F)(F)F. The molecule has 0 radical (unpaired) electrons. The average Bonchev–Trinajstić information content (AvgIpc) is 3.49. The second-order valence-electron chi connectivity index (χ2n) is 10.8. The molecule has 0 spiro atoms. The quantitative estimate of drug-likeness (QED) is 0.194. The Morgan fingerprint density at radius 1 is 1.21 bits per heavy atom. The van der Waals surface area contributed by atoms with Crippen LogP contribution in [0.15, 0.2) is 41.3 Å². The van der Waals surface area contributed by atoms with Crippen molar-refractivity contribution in [3.8, 4) is 17.6 Å². The number of benzene rings is 1. The predicted molar refractivity (Wildman–Crippen MR) is 151 cm³/mol. The summed E-state index contributed by atoms with van der Waals surface area (Å²) in [6.07, 6.45) is 4.53. The number of nitrogens with one attached hydrogen (secondary N) is 2. The van der Waals surface area contributed by atoms with Gasteiger partial charge in [-0.1, -0.05) is 12.0 Å². The van der Waals surface area contributed by atoms with Gasteiger partial charge in [0.2, 0.25) is 0 Å². The van der Waals surface area contributed by atoms with Gasteiger partial charge < -0.3 is 25.7 Å². The number of hydrogen-bond acceptors (Lipinski definition) is 7. The summed E-state index contributed by atoms with van der Waals surface area (Å²) in [5, 5.41) is 11.9. The predicted octanol–water partition coefficient (Wildman–Crippen LogP) is 5.49. The van der Waals surface area contributed by atoms with E-state index in [0.717, 1.165) is 32.1 Å². The number of aromatic nitrogens is 2. The lowest BCUT2D eigenvalue weighted by Crippen LogP contribution is -2.34. The number of ether oxygens (including phenoxy) is 1. The van der Waals surface area contributed by atoms with Gasteiger partial charge in [0, 0.05) is 16.4 Å². The van der Waals surface area contributed by atoms with Gasteiger partial charge in [-0.25, -0.2) is 4.52 Å². The monoisotopic (exact) mass is 577 g/mol. The summed E-state index contributed by atoms with van der Waals surface area (Å²) >= 11 is -0.209. The largest absolute Gasteiger partial charge is 0.495 e. The fraction of sp³-hybridized carbons (Fsp3) is 0.444. The molecule has 2 heterocycles. The molecular weight excluding hydrogens is 546 g/mol. The van der Waals surface area contributed by atoms with Gasteiger partial charge in [-0.05, 0) is 93.4 Å². The van der Waals surface area contributed by atoms with Gasteiger partial charge >= 0.3 is 5.51 Å². The summed E-state index contributed by atoms with van der Waals surface area (Å²) in [5.74, 6) is 6.86. The zero-order chi connectivity index (χ0) is 28.1. The van der Waals surface area contributed by atoms with Crippen molar-refractivity contribution in [2.24, 2.45) is 5.73 Å². The Kier molecular flexibility index (Phi) is 7.11. The normalized spacial score (nSPS) is 22.5. The first kappa shape index (κ1) is 27.8. The summed E-state index contributed by atoms with van der Waals surface area (Å²) in [7, 11) is -0.948. The maximum absolute atomic E-state index is 13.5. The van der Waals surface area contributed by atoms with Gasteiger partial charge in [0.15, 0.2) is 0 Å². The second-order valence-corrected chi connectivity index (χ2v) is 15.1. The number of halogens is 3. The summed E-state index contributed by atoms with van der Waals surface area (Å²) in [6, 6.07) is 10.4. The molecule has 2 bridgehead atoms. The molecule has 5 rings (SSSR count). The van der Waals surface area contributed by atoms with Crippen molar-refractivity contribution in [1.29, 1.82) is 0 Å². The number of methoxy groups -OCH3 is 1. The molecule has 1 aromatic carbocycles. The van der Waals surface area contributed by atoms with E-state index < -0.39 is 12.7 Å². The van der Waals surface area contributed by atoms with E-state index in [1.165, 1.54) is 11.6 Å². The number of pyridine rings is 1. The Bertz CT molecular complexity index is 1510. The van der Waals surface area contributed by atoms with E-state index in [1.54, 1.807) is 43.7 Å². The van der Waals surface area contributed by atoms with Crippen LogP contribution in [-0.2, 0) is 4.57 Å². The Morgan fingerprint density at radius 2 is 1.95 bits per heavy atom. The fourth-order valence-electron chi connectivity index (χ4n) is 5.56. The van der Waals surface area contributed by atoms with Crippen LogP contribution in [0.25, 0.3) is 5.52 Å².